The summed E-state index contributed by atoms with van der Waals surface area (Å²) in [5.41, 5.74) is 2.44. The lowest BCUT2D eigenvalue weighted by molar-refractivity contribution is -0.129. The van der Waals surface area contributed by atoms with Crippen LogP contribution < -0.4 is 5.32 Å². The van der Waals surface area contributed by atoms with Gasteiger partial charge in [0.25, 0.3) is 0 Å². The van der Waals surface area contributed by atoms with Gasteiger partial charge in [-0.1, -0.05) is 0 Å². The van der Waals surface area contributed by atoms with Gasteiger partial charge in [-0.05, 0) is 33.1 Å². The van der Waals surface area contributed by atoms with Crippen molar-refractivity contribution in [1.29, 1.82) is 0 Å². The molecule has 0 atom stereocenters. The average Bonchev–Trinajstić information content (AvgIpc) is 3.26. The second kappa shape index (κ2) is 6.37. The Morgan fingerprint density at radius 2 is 2.12 bits per heavy atom. The molecular weight excluding hydrogens is 328 g/mol. The molecule has 0 aromatic carbocycles. The van der Waals surface area contributed by atoms with Crippen LogP contribution in [0.4, 0.5) is 5.82 Å². The van der Waals surface area contributed by atoms with E-state index >= 15 is 0 Å². The lowest BCUT2D eigenvalue weighted by Crippen LogP contribution is -2.35. The summed E-state index contributed by atoms with van der Waals surface area (Å²) < 4.78 is 2.24. The number of hydrogen-bond acceptors (Lipinski definition) is 5. The van der Waals surface area contributed by atoms with E-state index in [0.29, 0.717) is 6.54 Å². The Bertz CT molecular complexity index is 839. The number of aromatic nitrogens is 4. The minimum Gasteiger partial charge on any atom is -0.369 e. The summed E-state index contributed by atoms with van der Waals surface area (Å²) in [6.45, 7) is 8.81. The van der Waals surface area contributed by atoms with Crippen molar-refractivity contribution in [1.82, 2.24) is 24.4 Å². The molecule has 1 aliphatic carbocycles. The molecule has 138 valence electrons. The van der Waals surface area contributed by atoms with E-state index in [1.165, 1.54) is 18.4 Å². The predicted molar refractivity (Wildman–Crippen MR) is 98.7 cm³/mol. The number of imidazole rings is 1. The van der Waals surface area contributed by atoms with Gasteiger partial charge in [0.05, 0.1) is 12.2 Å². The van der Waals surface area contributed by atoms with Gasteiger partial charge in [0.2, 0.25) is 5.91 Å². The van der Waals surface area contributed by atoms with E-state index in [-0.39, 0.29) is 11.3 Å². The van der Waals surface area contributed by atoms with Crippen molar-refractivity contribution in [3.63, 3.8) is 0 Å². The summed E-state index contributed by atoms with van der Waals surface area (Å²) in [6, 6.07) is 0. The molecule has 26 heavy (non-hydrogen) atoms. The molecule has 0 unspecified atom stereocenters. The van der Waals surface area contributed by atoms with Gasteiger partial charge in [-0.3, -0.25) is 4.79 Å². The molecule has 1 saturated carbocycles. The molecule has 0 saturated heterocycles. The molecule has 7 nitrogen and oxygen atoms in total. The minimum atomic E-state index is 0.106. The van der Waals surface area contributed by atoms with Gasteiger partial charge in [0, 0.05) is 49.9 Å². The number of anilines is 1. The van der Waals surface area contributed by atoms with E-state index in [1.54, 1.807) is 6.92 Å². The van der Waals surface area contributed by atoms with Gasteiger partial charge < -0.3 is 14.8 Å². The molecule has 1 amide bonds. The van der Waals surface area contributed by atoms with Crippen LogP contribution in [0.2, 0.25) is 0 Å². The first-order chi connectivity index (χ1) is 12.5. The Hall–Kier alpha value is -2.44. The van der Waals surface area contributed by atoms with Crippen LogP contribution in [-0.4, -0.2) is 43.4 Å². The van der Waals surface area contributed by atoms with Gasteiger partial charge in [0.1, 0.15) is 17.5 Å². The summed E-state index contributed by atoms with van der Waals surface area (Å²) >= 11 is 0. The van der Waals surface area contributed by atoms with Crippen molar-refractivity contribution in [2.75, 3.05) is 18.4 Å². The van der Waals surface area contributed by atoms with Gasteiger partial charge in [-0.15, -0.1) is 0 Å². The highest BCUT2D eigenvalue weighted by Gasteiger charge is 2.43. The molecule has 2 aliphatic rings. The third-order valence-corrected chi connectivity index (χ3v) is 5.64. The number of fused-ring (bicyclic) bond motifs is 1. The van der Waals surface area contributed by atoms with Gasteiger partial charge in [-0.2, -0.15) is 0 Å². The molecule has 4 rings (SSSR count). The van der Waals surface area contributed by atoms with Gasteiger partial charge in [0.15, 0.2) is 0 Å². The van der Waals surface area contributed by atoms with Crippen molar-refractivity contribution in [2.45, 2.75) is 53.1 Å². The van der Waals surface area contributed by atoms with Crippen LogP contribution in [0.15, 0.2) is 12.4 Å². The lowest BCUT2D eigenvalue weighted by Gasteiger charge is -2.29. The maximum absolute atomic E-state index is 11.7. The smallest absolute Gasteiger partial charge is 0.219 e. The van der Waals surface area contributed by atoms with Crippen molar-refractivity contribution in [3.05, 3.63) is 35.3 Å². The molecule has 1 N–H and O–H groups in total. The first-order valence-corrected chi connectivity index (χ1v) is 9.29. The third-order valence-electron chi connectivity index (χ3n) is 5.64. The molecule has 0 bridgehead atoms. The summed E-state index contributed by atoms with van der Waals surface area (Å²) in [7, 11) is 0. The molecule has 0 radical (unpaired) electrons. The van der Waals surface area contributed by atoms with Crippen LogP contribution in [0.25, 0.3) is 0 Å². The Labute approximate surface area is 153 Å². The van der Waals surface area contributed by atoms with Crippen LogP contribution in [0, 0.1) is 19.3 Å². The highest BCUT2D eigenvalue weighted by Crippen LogP contribution is 2.47. The second-order valence-corrected chi connectivity index (χ2v) is 7.69. The highest BCUT2D eigenvalue weighted by molar-refractivity contribution is 5.73. The van der Waals surface area contributed by atoms with Gasteiger partial charge in [-0.25, -0.2) is 15.0 Å². The van der Waals surface area contributed by atoms with Crippen LogP contribution in [-0.2, 0) is 24.3 Å². The van der Waals surface area contributed by atoms with Crippen molar-refractivity contribution >= 4 is 11.7 Å². The number of carbonyl (C=O) groups is 1. The SMILES string of the molecule is CC(=O)N1CCc2c(nc(C)nc2NCC2(Cn3ccnc3C)CC2)C1. The zero-order valence-electron chi connectivity index (χ0n) is 15.7. The predicted octanol–water partition coefficient (Wildman–Crippen LogP) is 2.09. The number of carbonyl (C=O) groups excluding carboxylic acids is 1. The largest absolute Gasteiger partial charge is 0.369 e. The number of nitrogens with one attached hydrogen (secondary N) is 1. The third kappa shape index (κ3) is 3.30. The topological polar surface area (TPSA) is 75.9 Å². The van der Waals surface area contributed by atoms with Crippen LogP contribution in [0.3, 0.4) is 0 Å². The monoisotopic (exact) mass is 354 g/mol. The van der Waals surface area contributed by atoms with Crippen molar-refractivity contribution < 1.29 is 4.79 Å². The van der Waals surface area contributed by atoms with E-state index in [0.717, 1.165) is 49.2 Å². The summed E-state index contributed by atoms with van der Waals surface area (Å²) in [4.78, 5) is 27.1. The Morgan fingerprint density at radius 1 is 1.31 bits per heavy atom. The number of aryl methyl sites for hydroxylation is 2. The van der Waals surface area contributed by atoms with Gasteiger partial charge >= 0.3 is 0 Å². The summed E-state index contributed by atoms with van der Waals surface area (Å²) in [5, 5.41) is 3.60. The van der Waals surface area contributed by atoms with Crippen molar-refractivity contribution in [3.8, 4) is 0 Å². The summed E-state index contributed by atoms with van der Waals surface area (Å²) in [6.07, 6.45) is 7.18. The minimum absolute atomic E-state index is 0.106. The Kier molecular flexibility index (Phi) is 4.17. The van der Waals surface area contributed by atoms with E-state index in [9.17, 15) is 4.79 Å². The fourth-order valence-corrected chi connectivity index (χ4v) is 3.74. The van der Waals surface area contributed by atoms with E-state index < -0.39 is 0 Å². The standard InChI is InChI=1S/C19H26N6O/c1-13-22-17-10-24(15(3)26)8-4-16(17)18(23-13)21-11-19(5-6-19)12-25-9-7-20-14(25)2/h7,9H,4-6,8,10-12H2,1-3H3,(H,21,22,23). The molecule has 0 spiro atoms. The number of nitrogens with zero attached hydrogens (tertiary/aromatic N) is 5. The fourth-order valence-electron chi connectivity index (χ4n) is 3.74. The second-order valence-electron chi connectivity index (χ2n) is 7.69. The zero-order valence-corrected chi connectivity index (χ0v) is 15.7. The molecule has 1 fully saturated rings. The van der Waals surface area contributed by atoms with Crippen molar-refractivity contribution in [2.24, 2.45) is 5.41 Å². The number of amides is 1. The molecular formula is C19H26N6O. The lowest BCUT2D eigenvalue weighted by atomic mass is 10.0. The normalized spacial score (nSPS) is 17.7. The maximum atomic E-state index is 11.7. The molecule has 2 aromatic heterocycles. The van der Waals surface area contributed by atoms with Crippen LogP contribution >= 0.6 is 0 Å². The fraction of sp³-hybridized carbons (Fsp3) is 0.579. The number of hydrogen-bond donors (Lipinski definition) is 1. The quantitative estimate of drug-likeness (QED) is 0.890. The number of rotatable bonds is 5. The maximum Gasteiger partial charge on any atom is 0.219 e. The van der Waals surface area contributed by atoms with E-state index in [1.807, 2.05) is 18.0 Å². The Morgan fingerprint density at radius 3 is 2.77 bits per heavy atom. The zero-order chi connectivity index (χ0) is 18.3. The van der Waals surface area contributed by atoms with Crippen LogP contribution in [0.1, 0.15) is 42.7 Å². The van der Waals surface area contributed by atoms with Crippen LogP contribution in [0.5, 0.6) is 0 Å². The average molecular weight is 354 g/mol. The molecule has 1 aliphatic heterocycles. The van der Waals surface area contributed by atoms with E-state index in [2.05, 4.69) is 38.0 Å². The Balaban J connectivity index is 1.49. The highest BCUT2D eigenvalue weighted by atomic mass is 16.2. The molecule has 7 heteroatoms. The first kappa shape index (κ1) is 17.0. The first-order valence-electron chi connectivity index (χ1n) is 9.29. The molecule has 2 aromatic rings. The molecule has 3 heterocycles. The summed E-state index contributed by atoms with van der Waals surface area (Å²) in [5.74, 6) is 2.88. The van der Waals surface area contributed by atoms with E-state index in [4.69, 9.17) is 0 Å².